The first-order chi connectivity index (χ1) is 11.7. The molecule has 0 aliphatic carbocycles. The van der Waals surface area contributed by atoms with E-state index < -0.39 is 0 Å². The van der Waals surface area contributed by atoms with Crippen LogP contribution >= 0.6 is 12.4 Å². The van der Waals surface area contributed by atoms with Gasteiger partial charge in [-0.25, -0.2) is 4.98 Å². The lowest BCUT2D eigenvalue weighted by molar-refractivity contribution is 0.303. The van der Waals surface area contributed by atoms with Gasteiger partial charge in [-0.05, 0) is 48.6 Å². The fourth-order valence-electron chi connectivity index (χ4n) is 3.07. The first-order valence-electron chi connectivity index (χ1n) is 8.25. The summed E-state index contributed by atoms with van der Waals surface area (Å²) in [6.07, 6.45) is 1.90. The van der Waals surface area contributed by atoms with E-state index in [-0.39, 0.29) is 12.4 Å². The maximum atomic E-state index is 6.05. The maximum absolute atomic E-state index is 6.05. The molecular weight excluding hydrogens is 332 g/mol. The zero-order valence-corrected chi connectivity index (χ0v) is 15.2. The highest BCUT2D eigenvalue weighted by molar-refractivity contribution is 5.88. The van der Waals surface area contributed by atoms with E-state index in [0.29, 0.717) is 6.61 Å². The van der Waals surface area contributed by atoms with Gasteiger partial charge >= 0.3 is 0 Å². The van der Waals surface area contributed by atoms with Crippen LogP contribution in [0, 0.1) is 13.8 Å². The molecule has 1 heterocycles. The molecule has 3 nitrogen and oxygen atoms in total. The second-order valence-electron chi connectivity index (χ2n) is 6.19. The number of hydrogen-bond acceptors (Lipinski definition) is 2. The SMILES string of the molecule is Cc1cc2ncn(CCOc3cccc4ccccc34)c2cc1C.Cl. The van der Waals surface area contributed by atoms with Crippen molar-refractivity contribution in [2.45, 2.75) is 20.4 Å². The number of rotatable bonds is 4. The smallest absolute Gasteiger partial charge is 0.127 e. The predicted molar refractivity (Wildman–Crippen MR) is 106 cm³/mol. The van der Waals surface area contributed by atoms with Crippen molar-refractivity contribution < 1.29 is 4.74 Å². The zero-order valence-electron chi connectivity index (χ0n) is 14.4. The summed E-state index contributed by atoms with van der Waals surface area (Å²) in [5, 5.41) is 2.36. The van der Waals surface area contributed by atoms with Gasteiger partial charge in [0.1, 0.15) is 12.4 Å². The second kappa shape index (κ2) is 7.16. The van der Waals surface area contributed by atoms with Crippen LogP contribution in [-0.4, -0.2) is 16.2 Å². The van der Waals surface area contributed by atoms with Crippen LogP contribution < -0.4 is 4.74 Å². The Kier molecular flexibility index (Phi) is 4.95. The molecule has 0 aliphatic heterocycles. The maximum Gasteiger partial charge on any atom is 0.127 e. The van der Waals surface area contributed by atoms with Crippen LogP contribution in [0.3, 0.4) is 0 Å². The molecule has 0 amide bonds. The molecule has 1 aromatic heterocycles. The number of halogens is 1. The molecule has 25 heavy (non-hydrogen) atoms. The Bertz CT molecular complexity index is 1020. The fourth-order valence-corrected chi connectivity index (χ4v) is 3.07. The first-order valence-corrected chi connectivity index (χ1v) is 8.25. The first kappa shape index (κ1) is 17.3. The third-order valence-corrected chi connectivity index (χ3v) is 4.58. The van der Waals surface area contributed by atoms with Gasteiger partial charge in [-0.1, -0.05) is 36.4 Å². The highest BCUT2D eigenvalue weighted by Crippen LogP contribution is 2.25. The van der Waals surface area contributed by atoms with Gasteiger partial charge in [-0.3, -0.25) is 0 Å². The summed E-state index contributed by atoms with van der Waals surface area (Å²) >= 11 is 0. The molecule has 0 fully saturated rings. The van der Waals surface area contributed by atoms with Crippen molar-refractivity contribution >= 4 is 34.2 Å². The number of aryl methyl sites for hydroxylation is 2. The molecule has 0 aliphatic rings. The Morgan fingerprint density at radius 1 is 0.960 bits per heavy atom. The summed E-state index contributed by atoms with van der Waals surface area (Å²) in [5.41, 5.74) is 4.78. The van der Waals surface area contributed by atoms with E-state index in [1.54, 1.807) is 0 Å². The van der Waals surface area contributed by atoms with Crippen LogP contribution in [0.5, 0.6) is 5.75 Å². The highest BCUT2D eigenvalue weighted by Gasteiger charge is 2.06. The summed E-state index contributed by atoms with van der Waals surface area (Å²) in [5.74, 6) is 0.935. The molecule has 0 spiro atoms. The number of benzene rings is 3. The van der Waals surface area contributed by atoms with Crippen molar-refractivity contribution in [1.82, 2.24) is 9.55 Å². The van der Waals surface area contributed by atoms with Crippen molar-refractivity contribution in [1.29, 1.82) is 0 Å². The summed E-state index contributed by atoms with van der Waals surface area (Å²) in [7, 11) is 0. The van der Waals surface area contributed by atoms with E-state index in [2.05, 4.69) is 53.7 Å². The Hall–Kier alpha value is -2.52. The van der Waals surface area contributed by atoms with Crippen LogP contribution in [0.15, 0.2) is 60.9 Å². The van der Waals surface area contributed by atoms with Crippen LogP contribution in [0.25, 0.3) is 21.8 Å². The summed E-state index contributed by atoms with van der Waals surface area (Å²) in [6, 6.07) is 18.8. The number of ether oxygens (including phenoxy) is 1. The molecule has 0 radical (unpaired) electrons. The van der Waals surface area contributed by atoms with Gasteiger partial charge in [0.25, 0.3) is 0 Å². The van der Waals surface area contributed by atoms with E-state index in [0.717, 1.165) is 23.2 Å². The quantitative estimate of drug-likeness (QED) is 0.498. The topological polar surface area (TPSA) is 27.1 Å². The van der Waals surface area contributed by atoms with Crippen LogP contribution in [-0.2, 0) is 6.54 Å². The standard InChI is InChI=1S/C21H20N2O.ClH/c1-15-12-19-20(13-16(15)2)23(14-22-19)10-11-24-21-9-5-7-17-6-3-4-8-18(17)21;/h3-9,12-14H,10-11H2,1-2H3;1H. The number of fused-ring (bicyclic) bond motifs is 2. The lowest BCUT2D eigenvalue weighted by Gasteiger charge is -2.10. The average Bonchev–Trinajstić information content (AvgIpc) is 2.97. The minimum Gasteiger partial charge on any atom is -0.491 e. The molecule has 0 saturated heterocycles. The molecule has 0 atom stereocenters. The van der Waals surface area contributed by atoms with Crippen LogP contribution in [0.1, 0.15) is 11.1 Å². The summed E-state index contributed by atoms with van der Waals surface area (Å²) < 4.78 is 8.21. The van der Waals surface area contributed by atoms with Crippen molar-refractivity contribution in [2.75, 3.05) is 6.61 Å². The Morgan fingerprint density at radius 2 is 1.72 bits per heavy atom. The van der Waals surface area contributed by atoms with Gasteiger partial charge in [0, 0.05) is 5.39 Å². The molecule has 4 aromatic rings. The third kappa shape index (κ3) is 3.33. The minimum absolute atomic E-state index is 0. The molecule has 0 unspecified atom stereocenters. The van der Waals surface area contributed by atoms with Crippen LogP contribution in [0.2, 0.25) is 0 Å². The molecule has 0 N–H and O–H groups in total. The molecule has 128 valence electrons. The van der Waals surface area contributed by atoms with Crippen molar-refractivity contribution in [3.63, 3.8) is 0 Å². The normalized spacial score (nSPS) is 10.8. The Balaban J connectivity index is 0.00000182. The zero-order chi connectivity index (χ0) is 16.5. The lowest BCUT2D eigenvalue weighted by atomic mass is 10.1. The lowest BCUT2D eigenvalue weighted by Crippen LogP contribution is -2.07. The van der Waals surface area contributed by atoms with E-state index in [1.807, 2.05) is 30.6 Å². The van der Waals surface area contributed by atoms with Crippen molar-refractivity contribution in [2.24, 2.45) is 0 Å². The Labute approximate surface area is 153 Å². The third-order valence-electron chi connectivity index (χ3n) is 4.58. The molecule has 0 saturated carbocycles. The van der Waals surface area contributed by atoms with E-state index in [1.165, 1.54) is 22.0 Å². The molecular formula is C21H21ClN2O. The van der Waals surface area contributed by atoms with Gasteiger partial charge in [-0.2, -0.15) is 0 Å². The molecule has 4 heteroatoms. The van der Waals surface area contributed by atoms with E-state index in [4.69, 9.17) is 4.74 Å². The van der Waals surface area contributed by atoms with Gasteiger partial charge < -0.3 is 9.30 Å². The van der Waals surface area contributed by atoms with Gasteiger partial charge in [0.2, 0.25) is 0 Å². The Morgan fingerprint density at radius 3 is 2.60 bits per heavy atom. The highest BCUT2D eigenvalue weighted by atomic mass is 35.5. The molecule has 0 bridgehead atoms. The van der Waals surface area contributed by atoms with E-state index >= 15 is 0 Å². The van der Waals surface area contributed by atoms with Gasteiger partial charge in [-0.15, -0.1) is 12.4 Å². The number of nitrogens with zero attached hydrogens (tertiary/aromatic N) is 2. The molecule has 4 rings (SSSR count). The fraction of sp³-hybridized carbons (Fsp3) is 0.190. The van der Waals surface area contributed by atoms with Crippen molar-refractivity contribution in [3.05, 3.63) is 72.1 Å². The summed E-state index contributed by atoms with van der Waals surface area (Å²) in [6.45, 7) is 5.66. The second-order valence-corrected chi connectivity index (χ2v) is 6.19. The monoisotopic (exact) mass is 352 g/mol. The largest absolute Gasteiger partial charge is 0.491 e. The number of aromatic nitrogens is 2. The predicted octanol–water partition coefficient (Wildman–Crippen LogP) is 5.31. The average molecular weight is 353 g/mol. The minimum atomic E-state index is 0. The van der Waals surface area contributed by atoms with Crippen molar-refractivity contribution in [3.8, 4) is 5.75 Å². The van der Waals surface area contributed by atoms with Crippen LogP contribution in [0.4, 0.5) is 0 Å². The van der Waals surface area contributed by atoms with Gasteiger partial charge in [0.15, 0.2) is 0 Å². The number of imidazole rings is 1. The molecule has 3 aromatic carbocycles. The van der Waals surface area contributed by atoms with E-state index in [9.17, 15) is 0 Å². The van der Waals surface area contributed by atoms with Gasteiger partial charge in [0.05, 0.1) is 23.9 Å². The number of hydrogen-bond donors (Lipinski definition) is 0. The summed E-state index contributed by atoms with van der Waals surface area (Å²) in [4.78, 5) is 4.50.